The van der Waals surface area contributed by atoms with Gasteiger partial charge in [0.2, 0.25) is 17.1 Å². The van der Waals surface area contributed by atoms with Gasteiger partial charge in [-0.1, -0.05) is 19.7 Å². The van der Waals surface area contributed by atoms with E-state index < -0.39 is 16.6 Å². The maximum Gasteiger partial charge on any atom is 0.243 e. The molecule has 0 aromatic rings. The molecule has 0 saturated carbocycles. The van der Waals surface area contributed by atoms with Crippen LogP contribution in [0.5, 0.6) is 0 Å². The zero-order valence-electron chi connectivity index (χ0n) is 55.7. The quantitative estimate of drug-likeness (QED) is 0.0149. The number of allylic oxidation sites excluding steroid dienone is 2. The molecule has 0 aliphatic rings. The van der Waals surface area contributed by atoms with Crippen molar-refractivity contribution in [3.8, 4) is 0 Å². The zero-order chi connectivity index (χ0) is 70.4. The number of carbonyl (C=O) groups excluding carboxylic acids is 7. The molecule has 0 rings (SSSR count). The number of hydrogen-bond acceptors (Lipinski definition) is 22. The van der Waals surface area contributed by atoms with Crippen LogP contribution in [0.2, 0.25) is 0 Å². The van der Waals surface area contributed by atoms with Gasteiger partial charge in [0.25, 0.3) is 0 Å². The minimum Gasteiger partial charge on any atom is -0.379 e. The molecule has 0 heterocycles. The first-order valence-corrected chi connectivity index (χ1v) is 34.8. The largest absolute Gasteiger partial charge is 0.379 e. The molecule has 0 bridgehead atoms. The lowest BCUT2D eigenvalue weighted by atomic mass is 10.1. The average molecular weight is 1430 g/mol. The molecule has 24 nitrogen and oxygen atoms in total. The molecule has 0 fully saturated rings. The lowest BCUT2D eigenvalue weighted by Crippen LogP contribution is -2.53. The smallest absolute Gasteiger partial charge is 0.243 e. The number of hydrogen-bond donors (Lipinski definition) is 8. The van der Waals surface area contributed by atoms with Gasteiger partial charge in [-0.2, -0.15) is 0 Å². The Balaban J connectivity index is -0.000000628. The van der Waals surface area contributed by atoms with Crippen LogP contribution in [-0.4, -0.2) is 232 Å². The molecule has 0 aliphatic heterocycles. The standard InChI is InChI=1S/C24H43Cl3N2O6.C24H40N2O6.C13H32N4O3.C3H4Cl2O/c25-11-8-21(30)6-1-3-15-33-18-24(28,19-34-16-4-2-7-22(31)9-12-26)20-35-17-5-14-29-23(32)10-13-27;1-4-21(27)12-7-9-15-30-18-24(25,19-31-16-10-8-13-22(28)5-2)20-32-17-11-14-26-23(29)6-3;14-4-1-7-18-10-13(17,11-19-8-2-5-15)12-20-9-3-6-16;4-2-1-3(5)6/h1-20,28H2,(H,29,32);4-6H,1-3,7-20,25H2,(H,26,29);1-12,14-17H2;1-2H2. The summed E-state index contributed by atoms with van der Waals surface area (Å²) in [6, 6.07) is 0. The number of unbranched alkanes of at least 4 members (excludes halogenated alkanes) is 4. The van der Waals surface area contributed by atoms with E-state index in [2.05, 4.69) is 30.4 Å². The molecule has 0 aliphatic carbocycles. The number of ketones is 4. The third-order valence-electron chi connectivity index (χ3n) is 12.4. The molecule has 0 atom stereocenters. The minimum atomic E-state index is -0.829. The van der Waals surface area contributed by atoms with E-state index in [9.17, 15) is 33.6 Å². The normalized spacial score (nSPS) is 11.3. The first-order valence-electron chi connectivity index (χ1n) is 32.3. The van der Waals surface area contributed by atoms with Crippen LogP contribution >= 0.6 is 58.0 Å². The number of alkyl halides is 4. The summed E-state index contributed by atoms with van der Waals surface area (Å²) < 4.78 is 51.0. The maximum atomic E-state index is 11.5. The van der Waals surface area contributed by atoms with Gasteiger partial charge in [-0.3, -0.25) is 33.6 Å². The predicted molar refractivity (Wildman–Crippen MR) is 373 cm³/mol. The van der Waals surface area contributed by atoms with Gasteiger partial charge in [0.15, 0.2) is 11.6 Å². The molecule has 0 aromatic heterocycles. The number of carbonyl (C=O) groups is 7. The van der Waals surface area contributed by atoms with Crippen molar-refractivity contribution in [1.29, 1.82) is 0 Å². The summed E-state index contributed by atoms with van der Waals surface area (Å²) >= 11 is 26.6. The Morgan fingerprint density at radius 1 is 0.344 bits per heavy atom. The highest BCUT2D eigenvalue weighted by Crippen LogP contribution is 2.12. The van der Waals surface area contributed by atoms with Gasteiger partial charge < -0.3 is 87.7 Å². The van der Waals surface area contributed by atoms with E-state index in [1.165, 1.54) is 18.2 Å². The lowest BCUT2D eigenvalue weighted by molar-refractivity contribution is -0.121. The van der Waals surface area contributed by atoms with Crippen LogP contribution in [-0.2, 0) is 76.2 Å². The second kappa shape index (κ2) is 72.1. The molecule has 0 spiro atoms. The van der Waals surface area contributed by atoms with Gasteiger partial charge in [-0.05, 0) is 133 Å². The molecule has 0 saturated heterocycles. The fraction of sp³-hybridized carbons (Fsp3) is 0.797. The summed E-state index contributed by atoms with van der Waals surface area (Å²) in [5.74, 6) is 1.42. The number of Topliss-reactive ketones (excluding diaryl/α,β-unsaturated/α-hetero) is 2. The van der Waals surface area contributed by atoms with Crippen LogP contribution in [0, 0.1) is 0 Å². The predicted octanol–water partition coefficient (Wildman–Crippen LogP) is 6.04. The van der Waals surface area contributed by atoms with Gasteiger partial charge in [0.1, 0.15) is 11.6 Å². The third kappa shape index (κ3) is 73.4. The molecule has 93 heavy (non-hydrogen) atoms. The Bertz CT molecular complexity index is 1690. The van der Waals surface area contributed by atoms with E-state index in [0.717, 1.165) is 70.6 Å². The Morgan fingerprint density at radius 2 is 0.613 bits per heavy atom. The van der Waals surface area contributed by atoms with Crippen molar-refractivity contribution in [2.75, 3.05) is 175 Å². The molecular formula is C64H119Cl5N8O16. The van der Waals surface area contributed by atoms with E-state index in [4.69, 9.17) is 135 Å². The summed E-state index contributed by atoms with van der Waals surface area (Å²) in [5.41, 5.74) is 33.2. The summed E-state index contributed by atoms with van der Waals surface area (Å²) in [5, 5.41) is 5.09. The Morgan fingerprint density at radius 3 is 0.860 bits per heavy atom. The van der Waals surface area contributed by atoms with Crippen molar-refractivity contribution < 1.29 is 76.2 Å². The molecule has 2 amide bonds. The number of nitrogens with one attached hydrogen (secondary N) is 2. The van der Waals surface area contributed by atoms with Crippen molar-refractivity contribution in [2.45, 2.75) is 151 Å². The minimum absolute atomic E-state index is 0.0269. The summed E-state index contributed by atoms with van der Waals surface area (Å²) in [4.78, 5) is 77.8. The molecule has 0 unspecified atom stereocenters. The number of halogens is 5. The molecule has 546 valence electrons. The van der Waals surface area contributed by atoms with Crippen molar-refractivity contribution in [3.05, 3.63) is 38.0 Å². The van der Waals surface area contributed by atoms with Gasteiger partial charge >= 0.3 is 0 Å². The van der Waals surface area contributed by atoms with Gasteiger partial charge in [-0.15, -0.1) is 46.4 Å². The molecule has 0 aromatic carbocycles. The fourth-order valence-electron chi connectivity index (χ4n) is 7.24. The van der Waals surface area contributed by atoms with Gasteiger partial charge in [0, 0.05) is 147 Å². The SMILES string of the molecule is C=CC(=O)CCCCOCC(N)(COCCCCC(=O)C=C)COCCCNC(=O)C=C.NC(COCCCCC(=O)CCCl)(COCCCCC(=O)CCCl)COCCCNC(=O)CCCl.NCCCOCC(N)(COCCCN)COCCCN.O=C(Cl)CCCl. The molecule has 14 N–H and O–H groups in total. The lowest BCUT2D eigenvalue weighted by Gasteiger charge is -2.29. The first kappa shape index (κ1) is 96.7. The zero-order valence-corrected chi connectivity index (χ0v) is 59.5. The number of ether oxygens (including phenoxy) is 9. The molecule has 29 heteroatoms. The summed E-state index contributed by atoms with van der Waals surface area (Å²) in [6.45, 7) is 20.4. The number of nitrogens with two attached hydrogens (primary N) is 6. The van der Waals surface area contributed by atoms with Crippen LogP contribution in [0.1, 0.15) is 135 Å². The Hall–Kier alpha value is -2.64. The van der Waals surface area contributed by atoms with Crippen molar-refractivity contribution in [3.63, 3.8) is 0 Å². The summed E-state index contributed by atoms with van der Waals surface area (Å²) in [7, 11) is 0. The third-order valence-corrected chi connectivity index (χ3v) is 13.4. The first-order chi connectivity index (χ1) is 44.7. The number of rotatable bonds is 66. The molecular weight excluding hydrogens is 1310 g/mol. The summed E-state index contributed by atoms with van der Waals surface area (Å²) in [6.07, 6.45) is 16.9. The van der Waals surface area contributed by atoms with E-state index in [1.54, 1.807) is 0 Å². The Kier molecular flexibility index (Phi) is 75.0. The van der Waals surface area contributed by atoms with Crippen LogP contribution in [0.3, 0.4) is 0 Å². The highest BCUT2D eigenvalue weighted by atomic mass is 35.5. The van der Waals surface area contributed by atoms with Gasteiger partial charge in [-0.25, -0.2) is 0 Å². The number of amides is 2. The van der Waals surface area contributed by atoms with E-state index in [-0.39, 0.29) is 86.3 Å². The monoisotopic (exact) mass is 1430 g/mol. The highest BCUT2D eigenvalue weighted by molar-refractivity contribution is 6.63. The van der Waals surface area contributed by atoms with Crippen LogP contribution < -0.4 is 45.0 Å². The van der Waals surface area contributed by atoms with E-state index >= 15 is 0 Å². The van der Waals surface area contributed by atoms with E-state index in [0.29, 0.717) is 193 Å². The second-order valence-electron chi connectivity index (χ2n) is 21.9. The van der Waals surface area contributed by atoms with Crippen LogP contribution in [0.4, 0.5) is 0 Å². The fourth-order valence-corrected chi connectivity index (χ4v) is 8.20. The maximum absolute atomic E-state index is 11.5. The van der Waals surface area contributed by atoms with Crippen LogP contribution in [0.15, 0.2) is 38.0 Å². The average Bonchev–Trinajstić information content (AvgIpc) is 2.04. The van der Waals surface area contributed by atoms with Crippen molar-refractivity contribution in [2.24, 2.45) is 34.4 Å². The van der Waals surface area contributed by atoms with E-state index in [1.807, 2.05) is 0 Å². The molecule has 0 radical (unpaired) electrons. The topological polar surface area (TPSA) is 383 Å². The van der Waals surface area contributed by atoms with Crippen LogP contribution in [0.25, 0.3) is 0 Å². The van der Waals surface area contributed by atoms with Crippen molar-refractivity contribution >= 4 is 98.2 Å². The highest BCUT2D eigenvalue weighted by Gasteiger charge is 2.29. The van der Waals surface area contributed by atoms with Crippen molar-refractivity contribution in [1.82, 2.24) is 10.6 Å². The second-order valence-corrected chi connectivity index (χ2v) is 23.8. The Labute approximate surface area is 580 Å². The van der Waals surface area contributed by atoms with Gasteiger partial charge in [0.05, 0.1) is 76.1 Å².